The SMILES string of the molecule is Ic1ccc2c3ccccc3n(-c3ccccc3)c2c1. The predicted octanol–water partition coefficient (Wildman–Crippen LogP) is 5.39. The minimum Gasteiger partial charge on any atom is -0.309 e. The average Bonchev–Trinajstić information content (AvgIpc) is 2.81. The van der Waals surface area contributed by atoms with Crippen molar-refractivity contribution in [2.75, 3.05) is 0 Å². The van der Waals surface area contributed by atoms with E-state index < -0.39 is 0 Å². The summed E-state index contributed by atoms with van der Waals surface area (Å²) in [6.07, 6.45) is 0. The van der Waals surface area contributed by atoms with Crippen LogP contribution in [0.15, 0.2) is 72.8 Å². The van der Waals surface area contributed by atoms with E-state index in [9.17, 15) is 0 Å². The van der Waals surface area contributed by atoms with Crippen LogP contribution in [0.25, 0.3) is 27.5 Å². The lowest BCUT2D eigenvalue weighted by Gasteiger charge is -2.07. The van der Waals surface area contributed by atoms with Crippen molar-refractivity contribution in [2.45, 2.75) is 0 Å². The van der Waals surface area contributed by atoms with Crippen LogP contribution in [-0.4, -0.2) is 4.57 Å². The van der Waals surface area contributed by atoms with Gasteiger partial charge in [0.05, 0.1) is 11.0 Å². The van der Waals surface area contributed by atoms with Crippen LogP contribution in [0.4, 0.5) is 0 Å². The van der Waals surface area contributed by atoms with Crippen molar-refractivity contribution in [3.8, 4) is 5.69 Å². The summed E-state index contributed by atoms with van der Waals surface area (Å²) in [4.78, 5) is 0. The quantitative estimate of drug-likeness (QED) is 0.397. The maximum absolute atomic E-state index is 2.38. The normalized spacial score (nSPS) is 11.2. The molecule has 0 aliphatic heterocycles. The van der Waals surface area contributed by atoms with Gasteiger partial charge in [-0.25, -0.2) is 0 Å². The smallest absolute Gasteiger partial charge is 0.0551 e. The van der Waals surface area contributed by atoms with Crippen LogP contribution in [0.5, 0.6) is 0 Å². The number of aromatic nitrogens is 1. The third-order valence-corrected chi connectivity index (χ3v) is 4.32. The summed E-state index contributed by atoms with van der Waals surface area (Å²) in [7, 11) is 0. The lowest BCUT2D eigenvalue weighted by atomic mass is 10.2. The zero-order valence-electron chi connectivity index (χ0n) is 10.8. The Morgan fingerprint density at radius 2 is 1.35 bits per heavy atom. The number of halogens is 1. The molecular formula is C18H12IN. The fourth-order valence-corrected chi connectivity index (χ4v) is 3.27. The van der Waals surface area contributed by atoms with E-state index in [1.165, 1.54) is 31.1 Å². The second-order valence-electron chi connectivity index (χ2n) is 4.85. The Morgan fingerprint density at radius 3 is 2.20 bits per heavy atom. The number of hydrogen-bond donors (Lipinski definition) is 0. The third-order valence-electron chi connectivity index (χ3n) is 3.65. The van der Waals surface area contributed by atoms with E-state index in [-0.39, 0.29) is 0 Å². The average molecular weight is 369 g/mol. The van der Waals surface area contributed by atoms with Crippen LogP contribution in [0.2, 0.25) is 0 Å². The second-order valence-corrected chi connectivity index (χ2v) is 6.10. The first-order chi connectivity index (χ1) is 9.84. The zero-order valence-corrected chi connectivity index (χ0v) is 12.9. The molecule has 1 heterocycles. The number of nitrogens with zero attached hydrogens (tertiary/aromatic N) is 1. The molecule has 4 rings (SSSR count). The molecule has 0 amide bonds. The summed E-state index contributed by atoms with van der Waals surface area (Å²) < 4.78 is 3.60. The van der Waals surface area contributed by atoms with E-state index in [2.05, 4.69) is 100.0 Å². The number of hydrogen-bond acceptors (Lipinski definition) is 0. The topological polar surface area (TPSA) is 4.93 Å². The summed E-state index contributed by atoms with van der Waals surface area (Å²) in [5.41, 5.74) is 3.74. The Morgan fingerprint density at radius 1 is 0.650 bits per heavy atom. The highest BCUT2D eigenvalue weighted by Gasteiger charge is 2.11. The predicted molar refractivity (Wildman–Crippen MR) is 93.5 cm³/mol. The van der Waals surface area contributed by atoms with E-state index in [0.717, 1.165) is 0 Å². The van der Waals surface area contributed by atoms with Crippen molar-refractivity contribution in [2.24, 2.45) is 0 Å². The molecule has 0 atom stereocenters. The summed E-state index contributed by atoms with van der Waals surface area (Å²) >= 11 is 2.38. The van der Waals surface area contributed by atoms with Crippen molar-refractivity contribution in [1.29, 1.82) is 0 Å². The van der Waals surface area contributed by atoms with Gasteiger partial charge in [-0.2, -0.15) is 0 Å². The molecule has 0 aliphatic rings. The first kappa shape index (κ1) is 12.0. The summed E-state index contributed by atoms with van der Waals surface area (Å²) in [5, 5.41) is 2.62. The molecule has 96 valence electrons. The van der Waals surface area contributed by atoms with Gasteiger partial charge in [0.15, 0.2) is 0 Å². The van der Waals surface area contributed by atoms with Crippen molar-refractivity contribution in [3.63, 3.8) is 0 Å². The van der Waals surface area contributed by atoms with E-state index in [4.69, 9.17) is 0 Å². The van der Waals surface area contributed by atoms with Gasteiger partial charge in [0.2, 0.25) is 0 Å². The van der Waals surface area contributed by atoms with Crippen molar-refractivity contribution in [3.05, 3.63) is 76.4 Å². The van der Waals surface area contributed by atoms with Crippen molar-refractivity contribution in [1.82, 2.24) is 4.57 Å². The Balaban J connectivity index is 2.23. The van der Waals surface area contributed by atoms with E-state index >= 15 is 0 Å². The van der Waals surface area contributed by atoms with E-state index in [1.54, 1.807) is 0 Å². The molecule has 0 unspecified atom stereocenters. The van der Waals surface area contributed by atoms with Gasteiger partial charge in [0.25, 0.3) is 0 Å². The van der Waals surface area contributed by atoms with Gasteiger partial charge in [-0.3, -0.25) is 0 Å². The molecule has 3 aromatic carbocycles. The van der Waals surface area contributed by atoms with E-state index in [0.29, 0.717) is 0 Å². The largest absolute Gasteiger partial charge is 0.309 e. The molecule has 0 saturated heterocycles. The van der Waals surface area contributed by atoms with E-state index in [1.807, 2.05) is 0 Å². The molecule has 0 spiro atoms. The number of para-hydroxylation sites is 2. The molecule has 2 heteroatoms. The molecule has 0 N–H and O–H groups in total. The number of fused-ring (bicyclic) bond motifs is 3. The molecule has 20 heavy (non-hydrogen) atoms. The van der Waals surface area contributed by atoms with Crippen LogP contribution in [-0.2, 0) is 0 Å². The number of benzene rings is 3. The summed E-state index contributed by atoms with van der Waals surface area (Å²) in [6, 6.07) is 25.8. The van der Waals surface area contributed by atoms with Crippen LogP contribution in [0, 0.1) is 3.57 Å². The fraction of sp³-hybridized carbons (Fsp3) is 0. The molecule has 0 aliphatic carbocycles. The zero-order chi connectivity index (χ0) is 13.5. The molecular weight excluding hydrogens is 357 g/mol. The standard InChI is InChI=1S/C18H12IN/c19-13-10-11-16-15-8-4-5-9-17(15)20(18(16)12-13)14-6-2-1-3-7-14/h1-12H. The molecule has 0 bridgehead atoms. The first-order valence-corrected chi connectivity index (χ1v) is 7.66. The van der Waals surface area contributed by atoms with Gasteiger partial charge >= 0.3 is 0 Å². The molecule has 0 fully saturated rings. The highest BCUT2D eigenvalue weighted by molar-refractivity contribution is 14.1. The van der Waals surface area contributed by atoms with Gasteiger partial charge in [-0.05, 0) is 52.9 Å². The maximum Gasteiger partial charge on any atom is 0.0551 e. The fourth-order valence-electron chi connectivity index (χ4n) is 2.80. The van der Waals surface area contributed by atoms with Crippen LogP contribution in [0.1, 0.15) is 0 Å². The molecule has 1 nitrogen and oxygen atoms in total. The first-order valence-electron chi connectivity index (χ1n) is 6.59. The van der Waals surface area contributed by atoms with Crippen molar-refractivity contribution < 1.29 is 0 Å². The number of rotatable bonds is 1. The minimum atomic E-state index is 1.21. The van der Waals surface area contributed by atoms with Gasteiger partial charge < -0.3 is 4.57 Å². The van der Waals surface area contributed by atoms with Gasteiger partial charge in [0.1, 0.15) is 0 Å². The molecule has 0 radical (unpaired) electrons. The van der Waals surface area contributed by atoms with Gasteiger partial charge in [0, 0.05) is 20.0 Å². The maximum atomic E-state index is 2.38. The van der Waals surface area contributed by atoms with Crippen molar-refractivity contribution >= 4 is 44.4 Å². The minimum absolute atomic E-state index is 1.21. The van der Waals surface area contributed by atoms with Crippen LogP contribution < -0.4 is 0 Å². The monoisotopic (exact) mass is 369 g/mol. The Hall–Kier alpha value is -1.81. The Kier molecular flexibility index (Phi) is 2.77. The second kappa shape index (κ2) is 4.63. The highest BCUT2D eigenvalue weighted by atomic mass is 127. The van der Waals surface area contributed by atoms with Gasteiger partial charge in [-0.1, -0.05) is 42.5 Å². The Labute approximate surface area is 131 Å². The highest BCUT2D eigenvalue weighted by Crippen LogP contribution is 2.32. The van der Waals surface area contributed by atoms with Crippen LogP contribution >= 0.6 is 22.6 Å². The molecule has 0 saturated carbocycles. The summed E-state index contributed by atoms with van der Waals surface area (Å²) in [5.74, 6) is 0. The molecule has 4 aromatic rings. The van der Waals surface area contributed by atoms with Crippen LogP contribution in [0.3, 0.4) is 0 Å². The lowest BCUT2D eigenvalue weighted by molar-refractivity contribution is 1.18. The third kappa shape index (κ3) is 1.75. The summed E-state index contributed by atoms with van der Waals surface area (Å²) in [6.45, 7) is 0. The molecule has 1 aromatic heterocycles. The van der Waals surface area contributed by atoms with Gasteiger partial charge in [-0.15, -0.1) is 0 Å². The lowest BCUT2D eigenvalue weighted by Crippen LogP contribution is -1.92. The Bertz CT molecular complexity index is 907.